The maximum Gasteiger partial charge on any atom is 0.319 e. The number of halogens is 1. The summed E-state index contributed by atoms with van der Waals surface area (Å²) in [7, 11) is 0. The van der Waals surface area contributed by atoms with E-state index in [1.165, 1.54) is 28.8 Å². The molecule has 3 unspecified atom stereocenters. The van der Waals surface area contributed by atoms with Gasteiger partial charge in [-0.25, -0.2) is 9.37 Å². The Morgan fingerprint density at radius 2 is 2.03 bits per heavy atom. The SMILES string of the molecule is CCOC(=O)CNC1CC2CCC1c1nc(C(=O)NCc3ccc(F)cc3)c(O)c(=O)n1C2. The maximum atomic E-state index is 13.1. The van der Waals surface area contributed by atoms with Crippen LogP contribution in [0.15, 0.2) is 29.1 Å². The summed E-state index contributed by atoms with van der Waals surface area (Å²) in [4.78, 5) is 42.0. The first kappa shape index (κ1) is 22.9. The van der Waals surface area contributed by atoms with E-state index in [4.69, 9.17) is 4.74 Å². The van der Waals surface area contributed by atoms with E-state index in [0.717, 1.165) is 19.3 Å². The van der Waals surface area contributed by atoms with Crippen LogP contribution < -0.4 is 16.2 Å². The molecule has 1 saturated carbocycles. The summed E-state index contributed by atoms with van der Waals surface area (Å²) in [6.45, 7) is 2.59. The molecule has 0 saturated heterocycles. The van der Waals surface area contributed by atoms with Gasteiger partial charge in [-0.05, 0) is 49.8 Å². The van der Waals surface area contributed by atoms with Gasteiger partial charge in [-0.1, -0.05) is 12.1 Å². The van der Waals surface area contributed by atoms with Crippen LogP contribution in [0.4, 0.5) is 4.39 Å². The third-order valence-corrected chi connectivity index (χ3v) is 6.30. The number of aromatic nitrogens is 2. The zero-order valence-corrected chi connectivity index (χ0v) is 18.3. The van der Waals surface area contributed by atoms with Crippen molar-refractivity contribution in [2.75, 3.05) is 13.2 Å². The van der Waals surface area contributed by atoms with Crippen molar-refractivity contribution in [1.82, 2.24) is 20.2 Å². The zero-order chi connectivity index (χ0) is 23.5. The Kier molecular flexibility index (Phi) is 6.73. The van der Waals surface area contributed by atoms with Crippen LogP contribution in [-0.4, -0.2) is 45.7 Å². The van der Waals surface area contributed by atoms with Gasteiger partial charge in [-0.15, -0.1) is 0 Å². The number of carbonyl (C=O) groups is 2. The topological polar surface area (TPSA) is 123 Å². The molecule has 0 spiro atoms. The van der Waals surface area contributed by atoms with Gasteiger partial charge in [0.1, 0.15) is 11.6 Å². The molecule has 3 N–H and O–H groups in total. The normalized spacial score (nSPS) is 21.2. The number of nitrogens with one attached hydrogen (secondary N) is 2. The number of hydrogen-bond donors (Lipinski definition) is 3. The fourth-order valence-corrected chi connectivity index (χ4v) is 4.69. The van der Waals surface area contributed by atoms with Gasteiger partial charge in [0, 0.05) is 25.0 Å². The number of nitrogens with zero attached hydrogens (tertiary/aromatic N) is 2. The molecular formula is C23H27FN4O5. The highest BCUT2D eigenvalue weighted by Crippen LogP contribution is 2.39. The molecule has 5 rings (SSSR count). The fraction of sp³-hybridized carbons (Fsp3) is 0.478. The average molecular weight is 458 g/mol. The van der Waals surface area contributed by atoms with Crippen LogP contribution in [0.3, 0.4) is 0 Å². The van der Waals surface area contributed by atoms with Gasteiger partial charge < -0.3 is 20.5 Å². The predicted octanol–water partition coefficient (Wildman–Crippen LogP) is 1.44. The molecule has 1 amide bonds. The molecule has 10 heteroatoms. The molecule has 0 radical (unpaired) electrons. The molecule has 1 fully saturated rings. The number of aromatic hydroxyl groups is 1. The van der Waals surface area contributed by atoms with Gasteiger partial charge in [0.15, 0.2) is 5.69 Å². The Hall–Kier alpha value is -3.27. The van der Waals surface area contributed by atoms with Crippen molar-refractivity contribution in [2.45, 2.75) is 51.2 Å². The van der Waals surface area contributed by atoms with Crippen molar-refractivity contribution in [2.24, 2.45) is 5.92 Å². The van der Waals surface area contributed by atoms with Crippen LogP contribution in [0.25, 0.3) is 0 Å². The molecule has 33 heavy (non-hydrogen) atoms. The van der Waals surface area contributed by atoms with Gasteiger partial charge in [0.2, 0.25) is 5.75 Å². The summed E-state index contributed by atoms with van der Waals surface area (Å²) in [6.07, 6.45) is 2.39. The second kappa shape index (κ2) is 9.70. The Bertz CT molecular complexity index is 1100. The smallest absolute Gasteiger partial charge is 0.319 e. The number of esters is 1. The fourth-order valence-electron chi connectivity index (χ4n) is 4.69. The molecule has 1 aliphatic carbocycles. The number of fused-ring (bicyclic) bond motifs is 2. The molecule has 1 aromatic heterocycles. The number of hydrogen-bond acceptors (Lipinski definition) is 7. The number of carbonyl (C=O) groups excluding carboxylic acids is 2. The van der Waals surface area contributed by atoms with E-state index in [1.807, 2.05) is 0 Å². The van der Waals surface area contributed by atoms with Crippen LogP contribution in [0.1, 0.15) is 54.0 Å². The highest BCUT2D eigenvalue weighted by Gasteiger charge is 2.39. The molecule has 2 aliphatic heterocycles. The van der Waals surface area contributed by atoms with Crippen LogP contribution in [0.5, 0.6) is 5.75 Å². The summed E-state index contributed by atoms with van der Waals surface area (Å²) in [5.74, 6) is -1.67. The van der Waals surface area contributed by atoms with Crippen LogP contribution in [0, 0.1) is 11.7 Å². The Balaban J connectivity index is 1.57. The van der Waals surface area contributed by atoms with Crippen molar-refractivity contribution < 1.29 is 23.8 Å². The Labute approximate surface area is 190 Å². The first-order valence-corrected chi connectivity index (χ1v) is 11.1. The molecular weight excluding hydrogens is 431 g/mol. The summed E-state index contributed by atoms with van der Waals surface area (Å²) in [5.41, 5.74) is -0.310. The maximum absolute atomic E-state index is 13.1. The van der Waals surface area contributed by atoms with Crippen molar-refractivity contribution in [3.05, 3.63) is 57.5 Å². The first-order valence-electron chi connectivity index (χ1n) is 11.1. The van der Waals surface area contributed by atoms with Crippen LogP contribution in [-0.2, 0) is 22.6 Å². The molecule has 2 aromatic rings. The molecule has 3 aliphatic rings. The first-order chi connectivity index (χ1) is 15.9. The lowest BCUT2D eigenvalue weighted by Crippen LogP contribution is -2.42. The third kappa shape index (κ3) is 4.90. The van der Waals surface area contributed by atoms with E-state index in [2.05, 4.69) is 15.6 Å². The lowest BCUT2D eigenvalue weighted by atomic mass is 9.79. The minimum Gasteiger partial charge on any atom is -0.501 e. The predicted molar refractivity (Wildman–Crippen MR) is 116 cm³/mol. The second-order valence-corrected chi connectivity index (χ2v) is 8.47. The highest BCUT2D eigenvalue weighted by molar-refractivity contribution is 5.94. The monoisotopic (exact) mass is 458 g/mol. The zero-order valence-electron chi connectivity index (χ0n) is 18.3. The second-order valence-electron chi connectivity index (χ2n) is 8.47. The summed E-state index contributed by atoms with van der Waals surface area (Å²) >= 11 is 0. The summed E-state index contributed by atoms with van der Waals surface area (Å²) in [6, 6.07) is 5.53. The van der Waals surface area contributed by atoms with Gasteiger partial charge in [-0.3, -0.25) is 19.0 Å². The van der Waals surface area contributed by atoms with Crippen LogP contribution in [0.2, 0.25) is 0 Å². The van der Waals surface area contributed by atoms with Crippen molar-refractivity contribution in [3.63, 3.8) is 0 Å². The van der Waals surface area contributed by atoms with Gasteiger partial charge in [0.05, 0.1) is 13.2 Å². The van der Waals surface area contributed by atoms with E-state index in [1.54, 1.807) is 6.92 Å². The van der Waals surface area contributed by atoms with Gasteiger partial charge in [0.25, 0.3) is 11.5 Å². The quantitative estimate of drug-likeness (QED) is 0.537. The van der Waals surface area contributed by atoms with E-state index in [-0.39, 0.29) is 48.4 Å². The molecule has 9 nitrogen and oxygen atoms in total. The number of rotatable bonds is 7. The molecule has 1 aromatic carbocycles. The minimum atomic E-state index is -0.688. The van der Waals surface area contributed by atoms with E-state index in [0.29, 0.717) is 24.5 Å². The van der Waals surface area contributed by atoms with Crippen molar-refractivity contribution in [1.29, 1.82) is 0 Å². The Morgan fingerprint density at radius 1 is 1.27 bits per heavy atom. The third-order valence-electron chi connectivity index (χ3n) is 6.30. The largest absolute Gasteiger partial charge is 0.501 e. The lowest BCUT2D eigenvalue weighted by molar-refractivity contribution is -0.142. The summed E-state index contributed by atoms with van der Waals surface area (Å²) in [5, 5.41) is 16.3. The van der Waals surface area contributed by atoms with E-state index >= 15 is 0 Å². The molecule has 2 bridgehead atoms. The summed E-state index contributed by atoms with van der Waals surface area (Å²) < 4.78 is 19.5. The van der Waals surface area contributed by atoms with Gasteiger partial charge in [-0.2, -0.15) is 0 Å². The lowest BCUT2D eigenvalue weighted by Gasteiger charge is -2.32. The standard InChI is InChI=1S/C23H27FN4O5/c1-2-33-18(29)11-25-17-9-14-5-8-16(17)21-27-19(20(30)23(32)28(21)12-14)22(31)26-10-13-3-6-15(24)7-4-13/h3-4,6-7,14,16-17,25,30H,2,5,8-12H2,1H3,(H,26,31). The number of benzene rings is 1. The van der Waals surface area contributed by atoms with E-state index in [9.17, 15) is 23.9 Å². The highest BCUT2D eigenvalue weighted by atomic mass is 19.1. The van der Waals surface area contributed by atoms with E-state index < -0.39 is 17.2 Å². The van der Waals surface area contributed by atoms with Crippen molar-refractivity contribution in [3.8, 4) is 5.75 Å². The molecule has 3 heterocycles. The van der Waals surface area contributed by atoms with Crippen molar-refractivity contribution >= 4 is 11.9 Å². The Morgan fingerprint density at radius 3 is 2.76 bits per heavy atom. The molecule has 176 valence electrons. The minimum absolute atomic E-state index is 0.0507. The average Bonchev–Trinajstić information content (AvgIpc) is 3.07. The van der Waals surface area contributed by atoms with Crippen LogP contribution >= 0.6 is 0 Å². The van der Waals surface area contributed by atoms with Gasteiger partial charge >= 0.3 is 5.97 Å². The number of amides is 1. The molecule has 3 atom stereocenters. The number of ether oxygens (including phenoxy) is 1.